The van der Waals surface area contributed by atoms with Gasteiger partial charge in [0, 0.05) is 23.3 Å². The maximum atomic E-state index is 12.2. The number of hydrogen-bond acceptors (Lipinski definition) is 5. The van der Waals surface area contributed by atoms with Crippen molar-refractivity contribution in [2.45, 2.75) is 18.1 Å². The standard InChI is InChI=1S/C21H19ClN4O3S/c22-15-6-8-16(9-7-15)24-20(29)13-30-21-25-17(11-19(28)26-21)10-18(27)23-12-14-4-2-1-3-5-14/h1-9,11H,10,12-13H2,(H,23,27)(H,24,29)(H,25,26,28). The Hall–Kier alpha value is -3.10. The molecule has 1 heterocycles. The lowest BCUT2D eigenvalue weighted by atomic mass is 10.2. The minimum Gasteiger partial charge on any atom is -0.352 e. The Kier molecular flexibility index (Phi) is 7.64. The first kappa shape index (κ1) is 21.6. The van der Waals surface area contributed by atoms with E-state index in [1.54, 1.807) is 24.3 Å². The summed E-state index contributed by atoms with van der Waals surface area (Å²) in [6, 6.07) is 17.5. The number of carbonyl (C=O) groups excluding carboxylic acids is 2. The molecule has 0 unspecified atom stereocenters. The van der Waals surface area contributed by atoms with Crippen LogP contribution in [0, 0.1) is 0 Å². The van der Waals surface area contributed by atoms with Crippen LogP contribution in [0.1, 0.15) is 11.3 Å². The molecule has 2 aromatic carbocycles. The number of hydrogen-bond donors (Lipinski definition) is 3. The number of halogens is 1. The highest BCUT2D eigenvalue weighted by Crippen LogP contribution is 2.15. The molecule has 0 aliphatic heterocycles. The second-order valence-corrected chi connectivity index (χ2v) is 7.73. The molecule has 30 heavy (non-hydrogen) atoms. The number of amides is 2. The average molecular weight is 443 g/mol. The zero-order valence-electron chi connectivity index (χ0n) is 15.9. The molecule has 0 aliphatic carbocycles. The van der Waals surface area contributed by atoms with Crippen LogP contribution in [-0.2, 0) is 22.6 Å². The molecule has 1 aromatic heterocycles. The van der Waals surface area contributed by atoms with Crippen LogP contribution in [0.2, 0.25) is 5.02 Å². The largest absolute Gasteiger partial charge is 0.352 e. The Balaban J connectivity index is 1.52. The summed E-state index contributed by atoms with van der Waals surface area (Å²) in [6.07, 6.45) is -0.0265. The average Bonchev–Trinajstić information content (AvgIpc) is 2.73. The Bertz CT molecular complexity index is 1070. The summed E-state index contributed by atoms with van der Waals surface area (Å²) >= 11 is 6.90. The van der Waals surface area contributed by atoms with Crippen molar-refractivity contribution in [3.05, 3.63) is 87.3 Å². The van der Waals surface area contributed by atoms with Crippen molar-refractivity contribution < 1.29 is 9.59 Å². The van der Waals surface area contributed by atoms with Gasteiger partial charge in [0.15, 0.2) is 5.16 Å². The number of H-pyrrole nitrogens is 1. The van der Waals surface area contributed by atoms with Gasteiger partial charge < -0.3 is 15.6 Å². The van der Waals surface area contributed by atoms with Crippen LogP contribution in [-0.4, -0.2) is 27.5 Å². The first-order valence-electron chi connectivity index (χ1n) is 9.07. The number of thioether (sulfide) groups is 1. The molecule has 2 amide bonds. The third-order valence-corrected chi connectivity index (χ3v) is 5.04. The molecule has 3 N–H and O–H groups in total. The zero-order valence-corrected chi connectivity index (χ0v) is 17.4. The van der Waals surface area contributed by atoms with Gasteiger partial charge in [-0.15, -0.1) is 0 Å². The van der Waals surface area contributed by atoms with Gasteiger partial charge in [0.2, 0.25) is 11.8 Å². The molecule has 3 aromatic rings. The highest BCUT2D eigenvalue weighted by molar-refractivity contribution is 7.99. The number of rotatable bonds is 8. The first-order chi connectivity index (χ1) is 14.5. The predicted molar refractivity (Wildman–Crippen MR) is 118 cm³/mol. The molecule has 0 bridgehead atoms. The van der Waals surface area contributed by atoms with Gasteiger partial charge in [-0.1, -0.05) is 53.7 Å². The minimum absolute atomic E-state index is 0.0265. The summed E-state index contributed by atoms with van der Waals surface area (Å²) in [5.41, 5.74) is 1.56. The van der Waals surface area contributed by atoms with Crippen molar-refractivity contribution in [1.29, 1.82) is 0 Å². The van der Waals surface area contributed by atoms with E-state index in [9.17, 15) is 14.4 Å². The second kappa shape index (κ2) is 10.6. The molecular weight excluding hydrogens is 424 g/mol. The summed E-state index contributed by atoms with van der Waals surface area (Å²) in [7, 11) is 0. The van der Waals surface area contributed by atoms with E-state index in [0.29, 0.717) is 22.9 Å². The van der Waals surface area contributed by atoms with Gasteiger partial charge in [-0.2, -0.15) is 0 Å². The van der Waals surface area contributed by atoms with Crippen LogP contribution in [0.3, 0.4) is 0 Å². The second-order valence-electron chi connectivity index (χ2n) is 6.32. The molecule has 0 spiro atoms. The SMILES string of the molecule is O=C(Cc1cc(=O)[nH]c(SCC(=O)Nc2ccc(Cl)cc2)n1)NCc1ccccc1. The maximum absolute atomic E-state index is 12.2. The van der Waals surface area contributed by atoms with E-state index in [0.717, 1.165) is 17.3 Å². The molecule has 0 fully saturated rings. The van der Waals surface area contributed by atoms with Gasteiger partial charge >= 0.3 is 0 Å². The van der Waals surface area contributed by atoms with Crippen molar-refractivity contribution in [1.82, 2.24) is 15.3 Å². The van der Waals surface area contributed by atoms with E-state index < -0.39 is 0 Å². The number of benzene rings is 2. The van der Waals surface area contributed by atoms with Crippen LogP contribution in [0.4, 0.5) is 5.69 Å². The number of aromatic nitrogens is 2. The molecule has 0 saturated heterocycles. The maximum Gasteiger partial charge on any atom is 0.251 e. The Labute approximate surface area is 182 Å². The van der Waals surface area contributed by atoms with E-state index in [4.69, 9.17) is 11.6 Å². The third kappa shape index (κ3) is 7.06. The van der Waals surface area contributed by atoms with Crippen LogP contribution in [0.25, 0.3) is 0 Å². The van der Waals surface area contributed by atoms with Gasteiger partial charge in [-0.25, -0.2) is 4.98 Å². The fraction of sp³-hybridized carbons (Fsp3) is 0.143. The minimum atomic E-state index is -0.378. The van der Waals surface area contributed by atoms with Gasteiger partial charge in [-0.05, 0) is 29.8 Å². The molecule has 9 heteroatoms. The number of nitrogens with zero attached hydrogens (tertiary/aromatic N) is 1. The quantitative estimate of drug-likeness (QED) is 0.367. The molecule has 154 valence electrons. The van der Waals surface area contributed by atoms with Crippen LogP contribution < -0.4 is 16.2 Å². The summed E-state index contributed by atoms with van der Waals surface area (Å²) < 4.78 is 0. The monoisotopic (exact) mass is 442 g/mol. The summed E-state index contributed by atoms with van der Waals surface area (Å²) in [6.45, 7) is 0.398. The highest BCUT2D eigenvalue weighted by atomic mass is 35.5. The normalized spacial score (nSPS) is 10.4. The van der Waals surface area contributed by atoms with E-state index in [-0.39, 0.29) is 34.7 Å². The van der Waals surface area contributed by atoms with Gasteiger partial charge in [0.25, 0.3) is 5.56 Å². The lowest BCUT2D eigenvalue weighted by Crippen LogP contribution is -2.26. The van der Waals surface area contributed by atoms with E-state index in [2.05, 4.69) is 20.6 Å². The van der Waals surface area contributed by atoms with Crippen LogP contribution in [0.5, 0.6) is 0 Å². The van der Waals surface area contributed by atoms with Gasteiger partial charge in [0.05, 0.1) is 17.9 Å². The molecule has 0 atom stereocenters. The smallest absolute Gasteiger partial charge is 0.251 e. The highest BCUT2D eigenvalue weighted by Gasteiger charge is 2.10. The predicted octanol–water partition coefficient (Wildman–Crippen LogP) is 3.01. The first-order valence-corrected chi connectivity index (χ1v) is 10.4. The third-order valence-electron chi connectivity index (χ3n) is 3.92. The lowest BCUT2D eigenvalue weighted by Gasteiger charge is -2.07. The summed E-state index contributed by atoms with van der Waals surface area (Å²) in [5, 5.41) is 6.38. The van der Waals surface area contributed by atoms with E-state index >= 15 is 0 Å². The fourth-order valence-electron chi connectivity index (χ4n) is 2.53. The molecule has 3 rings (SSSR count). The summed E-state index contributed by atoms with van der Waals surface area (Å²) in [5.74, 6) is -0.445. The molecule has 0 aliphatic rings. The van der Waals surface area contributed by atoms with Crippen molar-refractivity contribution in [3.63, 3.8) is 0 Å². The van der Waals surface area contributed by atoms with Crippen molar-refractivity contribution in [2.75, 3.05) is 11.1 Å². The van der Waals surface area contributed by atoms with Crippen LogP contribution in [0.15, 0.2) is 70.6 Å². The van der Waals surface area contributed by atoms with Gasteiger partial charge in [-0.3, -0.25) is 14.4 Å². The molecule has 0 saturated carbocycles. The van der Waals surface area contributed by atoms with Crippen molar-refractivity contribution in [3.8, 4) is 0 Å². The molecule has 7 nitrogen and oxygen atoms in total. The molecular formula is C21H19ClN4O3S. The molecule has 0 radical (unpaired) electrons. The Morgan fingerprint density at radius 3 is 2.50 bits per heavy atom. The number of aromatic amines is 1. The Morgan fingerprint density at radius 2 is 1.77 bits per heavy atom. The number of nitrogens with one attached hydrogen (secondary N) is 3. The van der Waals surface area contributed by atoms with Crippen molar-refractivity contribution in [2.24, 2.45) is 0 Å². The van der Waals surface area contributed by atoms with Crippen molar-refractivity contribution >= 4 is 40.9 Å². The Morgan fingerprint density at radius 1 is 1.03 bits per heavy atom. The van der Waals surface area contributed by atoms with E-state index in [1.165, 1.54) is 6.07 Å². The number of anilines is 1. The lowest BCUT2D eigenvalue weighted by molar-refractivity contribution is -0.120. The fourth-order valence-corrected chi connectivity index (χ4v) is 3.35. The van der Waals surface area contributed by atoms with Gasteiger partial charge in [0.1, 0.15) is 0 Å². The van der Waals surface area contributed by atoms with E-state index in [1.807, 2.05) is 30.3 Å². The topological polar surface area (TPSA) is 104 Å². The number of carbonyl (C=O) groups is 2. The zero-order chi connectivity index (χ0) is 21.3. The summed E-state index contributed by atoms with van der Waals surface area (Å²) in [4.78, 5) is 43.0. The van der Waals surface area contributed by atoms with Crippen LogP contribution >= 0.6 is 23.4 Å².